The number of carbonyl (C=O) groups excluding carboxylic acids is 2. The van der Waals surface area contributed by atoms with Crippen molar-refractivity contribution in [2.75, 3.05) is 0 Å². The van der Waals surface area contributed by atoms with Crippen molar-refractivity contribution in [2.45, 2.75) is 155 Å². The summed E-state index contributed by atoms with van der Waals surface area (Å²) in [6.45, 7) is 34.8. The van der Waals surface area contributed by atoms with Crippen molar-refractivity contribution in [1.82, 2.24) is 0 Å². The molecule has 0 heterocycles. The molecule has 0 aromatic rings. The summed E-state index contributed by atoms with van der Waals surface area (Å²) >= 11 is 0. The summed E-state index contributed by atoms with van der Waals surface area (Å²) in [7, 11) is -3.74. The molecule has 4 nitrogen and oxygen atoms in total. The molecule has 0 aromatic heterocycles. The van der Waals surface area contributed by atoms with Crippen LogP contribution in [0.15, 0.2) is 37.5 Å². The summed E-state index contributed by atoms with van der Waals surface area (Å²) in [6, 6.07) is 0. The molecule has 0 N–H and O–H groups in total. The van der Waals surface area contributed by atoms with Crippen molar-refractivity contribution in [3.63, 3.8) is 0 Å². The third-order valence-electron chi connectivity index (χ3n) is 11.3. The second kappa shape index (κ2) is 13.5. The number of carbonyl (C=O) groups is 2. The second-order valence-electron chi connectivity index (χ2n) is 16.8. The molecule has 3 rings (SSSR count). The Labute approximate surface area is 261 Å². The van der Waals surface area contributed by atoms with Gasteiger partial charge in [-0.1, -0.05) is 79.7 Å². The van der Waals surface area contributed by atoms with Crippen LogP contribution in [-0.4, -0.2) is 40.4 Å². The first kappa shape index (κ1) is 37.1. The van der Waals surface area contributed by atoms with Crippen LogP contribution < -0.4 is 0 Å². The predicted molar refractivity (Wildman–Crippen MR) is 184 cm³/mol. The maximum absolute atomic E-state index is 12.9. The highest BCUT2D eigenvalue weighted by Gasteiger charge is 2.53. The second-order valence-corrected chi connectivity index (χ2v) is 26.4. The largest absolute Gasteiger partial charge is 0.413 e. The van der Waals surface area contributed by atoms with Crippen LogP contribution >= 0.6 is 0 Å². The van der Waals surface area contributed by atoms with Crippen molar-refractivity contribution >= 4 is 28.2 Å². The molecule has 0 saturated heterocycles. The Kier molecular flexibility index (Phi) is 11.9. The first-order chi connectivity index (χ1) is 19.1. The number of hydrogen-bond donors (Lipinski definition) is 0. The number of ketones is 2. The van der Waals surface area contributed by atoms with Crippen molar-refractivity contribution in [3.8, 4) is 0 Å². The fraction of sp³-hybridized carbons (Fsp3) is 0.778. The molecule has 0 amide bonds. The van der Waals surface area contributed by atoms with E-state index in [-0.39, 0.29) is 27.7 Å². The van der Waals surface area contributed by atoms with E-state index in [2.05, 4.69) is 107 Å². The van der Waals surface area contributed by atoms with Crippen LogP contribution in [0, 0.1) is 22.7 Å². The van der Waals surface area contributed by atoms with Crippen molar-refractivity contribution < 1.29 is 18.4 Å². The lowest BCUT2D eigenvalue weighted by molar-refractivity contribution is -0.141. The fourth-order valence-corrected chi connectivity index (χ4v) is 9.16. The highest BCUT2D eigenvalue weighted by molar-refractivity contribution is 6.74. The third-order valence-corrected chi connectivity index (χ3v) is 20.3. The lowest BCUT2D eigenvalue weighted by atomic mass is 9.64. The van der Waals surface area contributed by atoms with Gasteiger partial charge in [0.05, 0.1) is 23.0 Å². The van der Waals surface area contributed by atoms with Crippen molar-refractivity contribution in [2.24, 2.45) is 22.7 Å². The van der Waals surface area contributed by atoms with Crippen molar-refractivity contribution in [3.05, 3.63) is 37.5 Å². The van der Waals surface area contributed by atoms with Crippen molar-refractivity contribution in [1.29, 1.82) is 0 Å². The molecule has 0 aliphatic heterocycles. The molecule has 2 fully saturated rings. The van der Waals surface area contributed by atoms with E-state index in [9.17, 15) is 9.59 Å². The SMILES string of the molecule is C=CCC1(CC=C)C(=O)C[C@H](C)CC1O[Si](C)(C)C(C)(C)C.C[C@H]1CC(=O)C2(CC=CC2)C(O[Si](C)(C)C(C)(C)C)C1. The summed E-state index contributed by atoms with van der Waals surface area (Å²) in [6.07, 6.45) is 14.7. The van der Waals surface area contributed by atoms with Gasteiger partial charge in [-0.2, -0.15) is 0 Å². The van der Waals surface area contributed by atoms with Gasteiger partial charge in [-0.3, -0.25) is 9.59 Å². The van der Waals surface area contributed by atoms with Crippen LogP contribution in [-0.2, 0) is 18.4 Å². The summed E-state index contributed by atoms with van der Waals surface area (Å²) < 4.78 is 13.4. The summed E-state index contributed by atoms with van der Waals surface area (Å²) in [4.78, 5) is 25.6. The van der Waals surface area contributed by atoms with E-state index in [4.69, 9.17) is 8.85 Å². The summed E-state index contributed by atoms with van der Waals surface area (Å²) in [5, 5.41) is 0.342. The Morgan fingerprint density at radius 2 is 1.14 bits per heavy atom. The first-order valence-corrected chi connectivity index (χ1v) is 22.2. The maximum atomic E-state index is 12.9. The smallest absolute Gasteiger partial charge is 0.192 e. The fourth-order valence-electron chi connectivity index (χ4n) is 6.38. The van der Waals surface area contributed by atoms with Crippen LogP contribution in [0.3, 0.4) is 0 Å². The van der Waals surface area contributed by atoms with Gasteiger partial charge in [0.25, 0.3) is 0 Å². The molecular formula is C36H64O4Si2. The maximum Gasteiger partial charge on any atom is 0.192 e. The molecule has 4 atom stereocenters. The third kappa shape index (κ3) is 7.94. The zero-order valence-electron chi connectivity index (χ0n) is 29.3. The van der Waals surface area contributed by atoms with E-state index in [0.29, 0.717) is 42.7 Å². The van der Waals surface area contributed by atoms with Gasteiger partial charge >= 0.3 is 0 Å². The van der Waals surface area contributed by atoms with E-state index in [0.717, 1.165) is 32.1 Å². The average Bonchev–Trinajstić information content (AvgIpc) is 3.31. The van der Waals surface area contributed by atoms with Gasteiger partial charge in [0.15, 0.2) is 16.6 Å². The molecule has 1 spiro atoms. The Morgan fingerprint density at radius 1 is 0.762 bits per heavy atom. The quantitative estimate of drug-likeness (QED) is 0.201. The number of hydrogen-bond acceptors (Lipinski definition) is 4. The van der Waals surface area contributed by atoms with Gasteiger partial charge in [-0.05, 0) is 86.6 Å². The van der Waals surface area contributed by atoms with Crippen LogP contribution in [0.4, 0.5) is 0 Å². The minimum Gasteiger partial charge on any atom is -0.413 e. The number of allylic oxidation sites excluding steroid dienone is 4. The van der Waals surface area contributed by atoms with Gasteiger partial charge in [0.1, 0.15) is 11.6 Å². The van der Waals surface area contributed by atoms with Gasteiger partial charge in [-0.15, -0.1) is 13.2 Å². The standard InChI is InChI=1S/C19H34O2Si.C17H30O2Si/c1-9-11-19(12-10-2)16(20)13-15(3)14-17(19)21-22(7,8)18(4,5)6;1-13-11-14(18)17(9-7-8-10-17)15(12-13)19-20(5,6)16(2,3)4/h9-10,15,17H,1-2,11-14H2,3-8H3;7-8,13,15H,9-12H2,1-6H3/t15-,17?;13-,15?/m00/s1. The molecule has 0 radical (unpaired) electrons. The van der Waals surface area contributed by atoms with Crippen LogP contribution in [0.25, 0.3) is 0 Å². The average molecular weight is 617 g/mol. The van der Waals surface area contributed by atoms with E-state index in [1.165, 1.54) is 0 Å². The lowest BCUT2D eigenvalue weighted by Crippen LogP contribution is -2.54. The van der Waals surface area contributed by atoms with Crippen LogP contribution in [0.5, 0.6) is 0 Å². The number of Topliss-reactive ketones (excluding diaryl/α,β-unsaturated/α-hetero) is 2. The van der Waals surface area contributed by atoms with E-state index < -0.39 is 22.0 Å². The minimum absolute atomic E-state index is 0.0133. The highest BCUT2D eigenvalue weighted by atomic mass is 28.4. The van der Waals surface area contributed by atoms with Gasteiger partial charge < -0.3 is 8.85 Å². The molecule has 3 aliphatic carbocycles. The molecule has 6 heteroatoms. The normalized spacial score (nSPS) is 27.9. The first-order valence-electron chi connectivity index (χ1n) is 16.4. The van der Waals surface area contributed by atoms with Crippen LogP contribution in [0.2, 0.25) is 36.3 Å². The predicted octanol–water partition coefficient (Wildman–Crippen LogP) is 10.2. The molecule has 3 aliphatic rings. The molecule has 42 heavy (non-hydrogen) atoms. The van der Waals surface area contributed by atoms with Crippen LogP contribution in [0.1, 0.15) is 107 Å². The Bertz CT molecular complexity index is 992. The van der Waals surface area contributed by atoms with Gasteiger partial charge in [-0.25, -0.2) is 0 Å². The Morgan fingerprint density at radius 3 is 1.55 bits per heavy atom. The minimum atomic E-state index is -1.92. The Hall–Kier alpha value is -1.09. The van der Waals surface area contributed by atoms with Gasteiger partial charge in [0.2, 0.25) is 0 Å². The van der Waals surface area contributed by atoms with E-state index in [1.807, 2.05) is 12.2 Å². The lowest BCUT2D eigenvalue weighted by Gasteiger charge is -2.49. The van der Waals surface area contributed by atoms with E-state index in [1.54, 1.807) is 0 Å². The molecule has 240 valence electrons. The molecular weight excluding hydrogens is 553 g/mol. The summed E-state index contributed by atoms with van der Waals surface area (Å²) in [5.74, 6) is 1.62. The molecule has 0 bridgehead atoms. The molecule has 2 unspecified atom stereocenters. The highest BCUT2D eigenvalue weighted by Crippen LogP contribution is 2.50. The molecule has 0 aromatic carbocycles. The number of rotatable bonds is 8. The van der Waals surface area contributed by atoms with Gasteiger partial charge in [0, 0.05) is 12.8 Å². The monoisotopic (exact) mass is 616 g/mol. The molecule has 2 saturated carbocycles. The Balaban J connectivity index is 0.000000294. The van der Waals surface area contributed by atoms with E-state index >= 15 is 0 Å². The topological polar surface area (TPSA) is 52.6 Å². The zero-order chi connectivity index (χ0) is 32.4. The zero-order valence-corrected chi connectivity index (χ0v) is 31.3. The summed E-state index contributed by atoms with van der Waals surface area (Å²) in [5.41, 5.74) is -0.687.